The van der Waals surface area contributed by atoms with E-state index in [1.54, 1.807) is 30.3 Å². The first-order valence-electron chi connectivity index (χ1n) is 8.06. The van der Waals surface area contributed by atoms with Gasteiger partial charge in [0, 0.05) is 16.0 Å². The van der Waals surface area contributed by atoms with Crippen LogP contribution in [0.1, 0.15) is 22.8 Å². The molecule has 0 spiro atoms. The molecule has 1 unspecified atom stereocenters. The van der Waals surface area contributed by atoms with Crippen LogP contribution in [0, 0.1) is 0 Å². The topological polar surface area (TPSA) is 55.4 Å². The quantitative estimate of drug-likeness (QED) is 0.367. The van der Waals surface area contributed by atoms with E-state index in [-0.39, 0.29) is 22.8 Å². The number of thioether (sulfide) groups is 1. The molecule has 0 fully saturated rings. The molecule has 9 heteroatoms. The van der Waals surface area contributed by atoms with Crippen LogP contribution >= 0.6 is 23.4 Å². The van der Waals surface area contributed by atoms with Gasteiger partial charge in [-0.2, -0.15) is 13.2 Å². The zero-order valence-corrected chi connectivity index (χ0v) is 16.5. The number of carbonyl (C=O) groups excluding carboxylic acids is 2. The minimum atomic E-state index is -4.58. The molecule has 4 nitrogen and oxygen atoms in total. The van der Waals surface area contributed by atoms with Crippen molar-refractivity contribution < 1.29 is 27.5 Å². The lowest BCUT2D eigenvalue weighted by atomic mass is 10.0. The number of rotatable bonds is 7. The van der Waals surface area contributed by atoms with Crippen molar-refractivity contribution in [1.82, 2.24) is 0 Å². The van der Waals surface area contributed by atoms with Crippen LogP contribution < -0.4 is 10.1 Å². The van der Waals surface area contributed by atoms with Gasteiger partial charge in [0.15, 0.2) is 10.5 Å². The largest absolute Gasteiger partial charge is 0.496 e. The van der Waals surface area contributed by atoms with E-state index in [0.717, 1.165) is 0 Å². The molecular formula is C19H17ClF3NO3S. The molecular weight excluding hydrogens is 415 g/mol. The third kappa shape index (κ3) is 5.90. The molecule has 0 aromatic heterocycles. The summed E-state index contributed by atoms with van der Waals surface area (Å²) in [7, 11) is 1.44. The summed E-state index contributed by atoms with van der Waals surface area (Å²) < 4.78 is 41.2. The molecule has 0 radical (unpaired) electrons. The minimum Gasteiger partial charge on any atom is -0.496 e. The van der Waals surface area contributed by atoms with E-state index in [2.05, 4.69) is 5.32 Å². The van der Waals surface area contributed by atoms with E-state index in [4.69, 9.17) is 16.3 Å². The van der Waals surface area contributed by atoms with Gasteiger partial charge in [-0.1, -0.05) is 23.9 Å². The summed E-state index contributed by atoms with van der Waals surface area (Å²) in [5.74, 6) is -0.197. The molecule has 0 saturated carbocycles. The highest BCUT2D eigenvalue weighted by Gasteiger charge is 2.39. The van der Waals surface area contributed by atoms with E-state index in [0.29, 0.717) is 28.6 Å². The smallest absolute Gasteiger partial charge is 0.414 e. The summed E-state index contributed by atoms with van der Waals surface area (Å²) in [6.07, 6.45) is -4.70. The van der Waals surface area contributed by atoms with E-state index in [1.807, 2.05) is 0 Å². The van der Waals surface area contributed by atoms with Crippen LogP contribution in [0.4, 0.5) is 18.9 Å². The second-order valence-electron chi connectivity index (χ2n) is 5.78. The predicted octanol–water partition coefficient (Wildman–Crippen LogP) is 5.30. The highest BCUT2D eigenvalue weighted by molar-refractivity contribution is 8.01. The number of hydrogen-bond donors (Lipinski definition) is 1. The number of ketones is 1. The van der Waals surface area contributed by atoms with Gasteiger partial charge in [0.2, 0.25) is 5.91 Å². The lowest BCUT2D eigenvalue weighted by molar-refractivity contribution is -0.115. The van der Waals surface area contributed by atoms with Crippen molar-refractivity contribution in [2.24, 2.45) is 0 Å². The van der Waals surface area contributed by atoms with Crippen LogP contribution in [-0.2, 0) is 11.2 Å². The molecule has 0 bridgehead atoms. The van der Waals surface area contributed by atoms with Gasteiger partial charge < -0.3 is 10.1 Å². The predicted molar refractivity (Wildman–Crippen MR) is 103 cm³/mol. The van der Waals surface area contributed by atoms with Gasteiger partial charge in [0.1, 0.15) is 5.75 Å². The lowest BCUT2D eigenvalue weighted by Gasteiger charge is -2.16. The second-order valence-corrected chi connectivity index (χ2v) is 7.62. The van der Waals surface area contributed by atoms with Crippen molar-refractivity contribution in [2.45, 2.75) is 29.1 Å². The van der Waals surface area contributed by atoms with Crippen molar-refractivity contribution in [3.8, 4) is 5.75 Å². The Bertz CT molecular complexity index is 874. The first-order valence-corrected chi connectivity index (χ1v) is 9.37. The summed E-state index contributed by atoms with van der Waals surface area (Å²) in [5, 5.41) is 2.59. The van der Waals surface area contributed by atoms with E-state index in [9.17, 15) is 22.8 Å². The van der Waals surface area contributed by atoms with Gasteiger partial charge in [-0.15, -0.1) is 11.6 Å². The molecule has 1 amide bonds. The number of benzene rings is 2. The van der Waals surface area contributed by atoms with Crippen molar-refractivity contribution in [1.29, 1.82) is 0 Å². The first kappa shape index (κ1) is 22.1. The van der Waals surface area contributed by atoms with Gasteiger partial charge in [0.25, 0.3) is 0 Å². The monoisotopic (exact) mass is 431 g/mol. The number of Topliss-reactive ketones (excluding diaryl/α,β-unsaturated/α-hetero) is 1. The molecule has 1 atom stereocenters. The molecule has 0 saturated heterocycles. The maximum absolute atomic E-state index is 12.7. The van der Waals surface area contributed by atoms with Crippen LogP contribution in [0.25, 0.3) is 0 Å². The van der Waals surface area contributed by atoms with E-state index >= 15 is 0 Å². The average Bonchev–Trinajstić information content (AvgIpc) is 2.62. The Morgan fingerprint density at radius 2 is 1.89 bits per heavy atom. The van der Waals surface area contributed by atoms with Crippen molar-refractivity contribution in [2.75, 3.05) is 12.4 Å². The fourth-order valence-electron chi connectivity index (χ4n) is 2.35. The zero-order chi connectivity index (χ0) is 20.9. The van der Waals surface area contributed by atoms with Crippen LogP contribution in [0.5, 0.6) is 5.75 Å². The number of nitrogens with one attached hydrogen (secondary N) is 1. The Morgan fingerprint density at radius 1 is 1.21 bits per heavy atom. The molecule has 2 aromatic rings. The Labute approximate surface area is 169 Å². The normalized spacial score (nSPS) is 12.4. The average molecular weight is 432 g/mol. The van der Waals surface area contributed by atoms with Gasteiger partial charge in [-0.05, 0) is 37.3 Å². The Hall–Kier alpha value is -2.19. The number of methoxy groups -OCH3 is 1. The number of alkyl halides is 4. The maximum atomic E-state index is 12.7. The van der Waals surface area contributed by atoms with Crippen LogP contribution in [0.3, 0.4) is 0 Å². The van der Waals surface area contributed by atoms with Gasteiger partial charge >= 0.3 is 6.18 Å². The summed E-state index contributed by atoms with van der Waals surface area (Å²) in [6.45, 7) is 1.41. The molecule has 0 aliphatic rings. The lowest BCUT2D eigenvalue weighted by Crippen LogP contribution is -2.20. The highest BCUT2D eigenvalue weighted by atomic mass is 35.5. The SMILES string of the molecule is COc1ccc(C(C)=O)cc1CC(=O)Nc1ccccc1SC(Cl)C(F)(F)F. The fraction of sp³-hybridized carbons (Fsp3) is 0.263. The molecule has 2 aromatic carbocycles. The van der Waals surface area contributed by atoms with Gasteiger partial charge in [0.05, 0.1) is 19.2 Å². The molecule has 2 rings (SSSR count). The molecule has 28 heavy (non-hydrogen) atoms. The van der Waals surface area contributed by atoms with Gasteiger partial charge in [-0.3, -0.25) is 9.59 Å². The van der Waals surface area contributed by atoms with Crippen LogP contribution in [0.2, 0.25) is 0 Å². The number of hydrogen-bond acceptors (Lipinski definition) is 4. The third-order valence-corrected chi connectivity index (χ3v) is 5.29. The molecule has 0 aliphatic heterocycles. The number of anilines is 1. The van der Waals surface area contributed by atoms with Gasteiger partial charge in [-0.25, -0.2) is 0 Å². The minimum absolute atomic E-state index is 0.118. The van der Waals surface area contributed by atoms with E-state index < -0.39 is 16.8 Å². The fourth-order valence-corrected chi connectivity index (χ4v) is 3.40. The molecule has 0 heterocycles. The number of carbonyl (C=O) groups is 2. The van der Waals surface area contributed by atoms with Crippen molar-refractivity contribution in [3.05, 3.63) is 53.6 Å². The Morgan fingerprint density at radius 3 is 2.50 bits per heavy atom. The van der Waals surface area contributed by atoms with Crippen molar-refractivity contribution >= 4 is 40.7 Å². The summed E-state index contributed by atoms with van der Waals surface area (Å²) >= 11 is 5.79. The number of halogens is 4. The maximum Gasteiger partial charge on any atom is 0.414 e. The van der Waals surface area contributed by atoms with E-state index in [1.165, 1.54) is 26.2 Å². The number of ether oxygens (including phenoxy) is 1. The molecule has 0 aliphatic carbocycles. The second kappa shape index (κ2) is 9.34. The third-order valence-electron chi connectivity index (χ3n) is 3.69. The Kier molecular flexibility index (Phi) is 7.37. The standard InChI is InChI=1S/C19H17ClF3NO3S/c1-11(25)12-7-8-15(27-2)13(9-12)10-17(26)24-14-5-3-4-6-16(14)28-18(20)19(21,22)23/h3-9,18H,10H2,1-2H3,(H,24,26). The summed E-state index contributed by atoms with van der Waals surface area (Å²) in [6, 6.07) is 10.8. The molecule has 150 valence electrons. The van der Waals surface area contributed by atoms with Crippen LogP contribution in [-0.4, -0.2) is 29.7 Å². The first-order chi connectivity index (χ1) is 13.1. The zero-order valence-electron chi connectivity index (χ0n) is 15.0. The highest BCUT2D eigenvalue weighted by Crippen LogP contribution is 2.40. The summed E-state index contributed by atoms with van der Waals surface area (Å²) in [4.78, 5) is 24.2. The van der Waals surface area contributed by atoms with Crippen LogP contribution in [0.15, 0.2) is 47.4 Å². The Balaban J connectivity index is 2.18. The number of para-hydroxylation sites is 1. The van der Waals surface area contributed by atoms with Crippen molar-refractivity contribution in [3.63, 3.8) is 0 Å². The molecule has 1 N–H and O–H groups in total. The number of amides is 1. The summed E-state index contributed by atoms with van der Waals surface area (Å²) in [5.41, 5.74) is 1.13.